The molecule has 0 unspecified atom stereocenters. The molecule has 19 aromatic rings. The van der Waals surface area contributed by atoms with Crippen LogP contribution in [0.25, 0.3) is 99.5 Å². The zero-order valence-electron chi connectivity index (χ0n) is 60.3. The summed E-state index contributed by atoms with van der Waals surface area (Å²) in [6.07, 6.45) is 0. The molecule has 111 heavy (non-hydrogen) atoms. The van der Waals surface area contributed by atoms with E-state index in [-0.39, 0.29) is 20.1 Å². The van der Waals surface area contributed by atoms with Crippen LogP contribution in [0.15, 0.2) is 382 Å². The Morgan fingerprint density at radius 3 is 0.829 bits per heavy atom. The Morgan fingerprint density at radius 2 is 0.477 bits per heavy atom. The topological polar surface area (TPSA) is 22.8 Å². The molecule has 0 bridgehead atoms. The maximum absolute atomic E-state index is 2.73. The summed E-state index contributed by atoms with van der Waals surface area (Å²) in [5, 5.41) is 4.96. The van der Waals surface area contributed by atoms with E-state index in [4.69, 9.17) is 0 Å². The van der Waals surface area contributed by atoms with Crippen LogP contribution in [-0.4, -0.2) is 29.3 Å². The fraction of sp³-hybridized carbons (Fsp3) is 0. The average Bonchev–Trinajstić information content (AvgIpc) is 1.62. The van der Waals surface area contributed by atoms with Crippen molar-refractivity contribution >= 4 is 181 Å². The molecular weight excluding hydrogens is 1340 g/mol. The number of nitrogens with zero attached hydrogens (tertiary/aromatic N) is 6. The average molecular weight is 1410 g/mol. The highest BCUT2D eigenvalue weighted by Gasteiger charge is 2.53. The number of fused-ring (bicyclic) bond motifs is 18. The molecule has 9 heteroatoms. The van der Waals surface area contributed by atoms with Crippen molar-refractivity contribution in [1.82, 2.24) is 9.13 Å². The molecule has 0 N–H and O–H groups in total. The maximum atomic E-state index is 2.73. The largest absolute Gasteiger partial charge is 0.312 e. The molecule has 0 spiro atoms. The Labute approximate surface area is 643 Å². The predicted molar refractivity (Wildman–Crippen MR) is 470 cm³/mol. The number of aromatic nitrogens is 2. The Kier molecular flexibility index (Phi) is 12.7. The number of anilines is 12. The van der Waals surface area contributed by atoms with Gasteiger partial charge < -0.3 is 28.7 Å². The summed E-state index contributed by atoms with van der Waals surface area (Å²) in [4.78, 5) is 10.4. The summed E-state index contributed by atoms with van der Waals surface area (Å²) in [6.45, 7) is -0.455. The van der Waals surface area contributed by atoms with E-state index in [1.54, 1.807) is 0 Å². The Morgan fingerprint density at radius 1 is 0.189 bits per heavy atom. The first-order valence-electron chi connectivity index (χ1n) is 38.7. The van der Waals surface area contributed by atoms with Gasteiger partial charge in [-0.15, -0.1) is 0 Å². The molecule has 2 aromatic heterocycles. The third-order valence-corrected chi connectivity index (χ3v) is 24.9. The standard InChI is InChI=1S/C102H63B3N6/c1-9-28-64(29-10-1)68-50-52-88-78(54-68)80-56-70(66-32-13-3-14-33-66)58-86-99(80)108(88)92-60-76(106(72-36-17-5-18-37-72)73-38-19-6-20-39-73)62-94-97(92)104(86)84-46-25-44-82-101(84)110(94)90-48-27-49-91-96(90)103(82)83-45-26-47-85-102(83)111(91)95-63-77(107(74-40-21-7-22-41-74)75-42-23-8-24-43-75)61-93-98(95)105(85)87-59-71(67-34-15-4-16-35-67)57-81-79-55-69(65-30-11-2-12-31-65)51-53-89(79)109(93)100(81)87/h1-63H. The number of benzene rings is 17. The molecule has 17 aromatic carbocycles. The van der Waals surface area contributed by atoms with E-state index in [0.717, 1.165) is 34.1 Å². The van der Waals surface area contributed by atoms with E-state index in [1.807, 2.05) is 0 Å². The second-order valence-electron chi connectivity index (χ2n) is 30.6. The molecule has 25 rings (SSSR count). The molecule has 0 saturated heterocycles. The molecule has 0 atom stereocenters. The van der Waals surface area contributed by atoms with E-state index in [9.17, 15) is 0 Å². The highest BCUT2D eigenvalue weighted by atomic mass is 15.2. The minimum atomic E-state index is -0.152. The van der Waals surface area contributed by atoms with Crippen molar-refractivity contribution in [3.8, 4) is 55.9 Å². The molecular formula is C102H63B3N6. The van der Waals surface area contributed by atoms with E-state index < -0.39 is 0 Å². The molecule has 6 aliphatic rings. The van der Waals surface area contributed by atoms with Gasteiger partial charge in [0, 0.05) is 101 Å². The lowest BCUT2D eigenvalue weighted by Gasteiger charge is -2.50. The van der Waals surface area contributed by atoms with Gasteiger partial charge in [0.1, 0.15) is 0 Å². The molecule has 0 aliphatic carbocycles. The van der Waals surface area contributed by atoms with Crippen LogP contribution >= 0.6 is 0 Å². The molecule has 6 aliphatic heterocycles. The summed E-state index contributed by atoms with van der Waals surface area (Å²) in [5.41, 5.74) is 42.3. The fourth-order valence-corrected chi connectivity index (χ4v) is 20.5. The van der Waals surface area contributed by atoms with Gasteiger partial charge >= 0.3 is 0 Å². The summed E-state index contributed by atoms with van der Waals surface area (Å²) < 4.78 is 5.30. The van der Waals surface area contributed by atoms with Gasteiger partial charge in [0.05, 0.1) is 22.4 Å². The zero-order chi connectivity index (χ0) is 72.3. The first-order valence-corrected chi connectivity index (χ1v) is 38.7. The van der Waals surface area contributed by atoms with Crippen molar-refractivity contribution < 1.29 is 0 Å². The lowest BCUT2D eigenvalue weighted by molar-refractivity contribution is 1.16. The van der Waals surface area contributed by atoms with Gasteiger partial charge in [0.2, 0.25) is 0 Å². The quantitative estimate of drug-likeness (QED) is 0.127. The Hall–Kier alpha value is -14.3. The number of hydrogen-bond donors (Lipinski definition) is 0. The van der Waals surface area contributed by atoms with Crippen LogP contribution in [0.5, 0.6) is 0 Å². The van der Waals surface area contributed by atoms with Crippen LogP contribution in [0.1, 0.15) is 0 Å². The molecule has 0 radical (unpaired) electrons. The van der Waals surface area contributed by atoms with Gasteiger partial charge in [0.25, 0.3) is 20.1 Å². The highest BCUT2D eigenvalue weighted by molar-refractivity contribution is 7.06. The minimum Gasteiger partial charge on any atom is -0.312 e. The number of hydrogen-bond acceptors (Lipinski definition) is 4. The maximum Gasteiger partial charge on any atom is 0.252 e. The van der Waals surface area contributed by atoms with Crippen molar-refractivity contribution in [1.29, 1.82) is 0 Å². The summed E-state index contributed by atoms with van der Waals surface area (Å²) in [6, 6.07) is 144. The highest BCUT2D eigenvalue weighted by Crippen LogP contribution is 2.53. The molecule has 6 nitrogen and oxygen atoms in total. The van der Waals surface area contributed by atoms with Gasteiger partial charge in [-0.1, -0.05) is 261 Å². The number of para-hydroxylation sites is 6. The monoisotopic (exact) mass is 1400 g/mol. The van der Waals surface area contributed by atoms with Crippen molar-refractivity contribution in [2.45, 2.75) is 0 Å². The molecule has 0 saturated carbocycles. The minimum absolute atomic E-state index is 0.151. The lowest BCUT2D eigenvalue weighted by atomic mass is 9.27. The third-order valence-electron chi connectivity index (χ3n) is 24.9. The van der Waals surface area contributed by atoms with Gasteiger partial charge in [-0.3, -0.25) is 0 Å². The second-order valence-corrected chi connectivity index (χ2v) is 30.6. The molecule has 0 fully saturated rings. The van der Waals surface area contributed by atoms with Crippen LogP contribution in [0, 0.1) is 0 Å². The predicted octanol–water partition coefficient (Wildman–Crippen LogP) is 19.9. The molecule has 510 valence electrons. The molecule has 8 heterocycles. The Balaban J connectivity index is 0.795. The van der Waals surface area contributed by atoms with Crippen LogP contribution in [-0.2, 0) is 0 Å². The first-order chi connectivity index (χ1) is 55.1. The van der Waals surface area contributed by atoms with Crippen molar-refractivity contribution in [2.75, 3.05) is 19.6 Å². The molecule has 0 amide bonds. The van der Waals surface area contributed by atoms with Crippen LogP contribution in [0.4, 0.5) is 68.2 Å². The van der Waals surface area contributed by atoms with E-state index in [2.05, 4.69) is 411 Å². The van der Waals surface area contributed by atoms with Gasteiger partial charge in [0.15, 0.2) is 0 Å². The Bertz CT molecular complexity index is 6650. The van der Waals surface area contributed by atoms with Crippen LogP contribution in [0.2, 0.25) is 0 Å². The van der Waals surface area contributed by atoms with Gasteiger partial charge in [-0.25, -0.2) is 0 Å². The van der Waals surface area contributed by atoms with E-state index in [0.29, 0.717) is 0 Å². The van der Waals surface area contributed by atoms with Crippen molar-refractivity contribution in [3.05, 3.63) is 382 Å². The number of rotatable bonds is 10. The zero-order valence-corrected chi connectivity index (χ0v) is 60.3. The van der Waals surface area contributed by atoms with Gasteiger partial charge in [-0.05, 0) is 215 Å². The van der Waals surface area contributed by atoms with Crippen molar-refractivity contribution in [3.63, 3.8) is 0 Å². The smallest absolute Gasteiger partial charge is 0.252 e. The van der Waals surface area contributed by atoms with Gasteiger partial charge in [-0.2, -0.15) is 0 Å². The first kappa shape index (κ1) is 60.8. The van der Waals surface area contributed by atoms with E-state index in [1.165, 1.54) is 183 Å². The second kappa shape index (κ2) is 23.1. The normalized spacial score (nSPS) is 13.1. The van der Waals surface area contributed by atoms with Crippen LogP contribution in [0.3, 0.4) is 0 Å². The SMILES string of the molecule is c1ccc(-c2ccc3c(c2)c2cc(-c4ccccc4)cc4c2n3-c2cc(N(c3ccccc3)c3ccccc3)cc3c2B4c2cccc4c2N3c2cccc3c2B4c2cccc4c2N3c2cc(N(c3ccccc3)c3ccccc3)cc3c2B4c2cc(-c4ccccc4)cc4c5cc(-c6ccccc6)ccc5n-3c24)cc1. The summed E-state index contributed by atoms with van der Waals surface area (Å²) in [5.74, 6) is 0. The fourth-order valence-electron chi connectivity index (χ4n) is 20.5. The lowest BCUT2D eigenvalue weighted by Crippen LogP contribution is -2.70. The van der Waals surface area contributed by atoms with E-state index >= 15 is 0 Å². The van der Waals surface area contributed by atoms with Crippen molar-refractivity contribution in [2.24, 2.45) is 0 Å². The summed E-state index contributed by atoms with van der Waals surface area (Å²) >= 11 is 0. The summed E-state index contributed by atoms with van der Waals surface area (Å²) in [7, 11) is 0. The third kappa shape index (κ3) is 8.55. The van der Waals surface area contributed by atoms with Crippen LogP contribution < -0.4 is 68.8 Å².